The zero-order valence-corrected chi connectivity index (χ0v) is 12.3. The van der Waals surface area contributed by atoms with Crippen molar-refractivity contribution in [2.24, 2.45) is 7.05 Å². The highest BCUT2D eigenvalue weighted by molar-refractivity contribution is 5.95. The minimum atomic E-state index is -0.730. The van der Waals surface area contributed by atoms with Crippen molar-refractivity contribution in [1.82, 2.24) is 14.7 Å². The van der Waals surface area contributed by atoms with Crippen LogP contribution in [0.25, 0.3) is 0 Å². The summed E-state index contributed by atoms with van der Waals surface area (Å²) in [6.45, 7) is 6.75. The third-order valence-corrected chi connectivity index (χ3v) is 3.54. The van der Waals surface area contributed by atoms with Crippen molar-refractivity contribution < 1.29 is 9.90 Å². The molecule has 19 heavy (non-hydrogen) atoms. The average molecular weight is 267 g/mol. The number of carbonyl (C=O) groups is 1. The first-order chi connectivity index (χ1) is 8.63. The van der Waals surface area contributed by atoms with Gasteiger partial charge in [0, 0.05) is 14.1 Å². The Morgan fingerprint density at radius 3 is 2.42 bits per heavy atom. The summed E-state index contributed by atoms with van der Waals surface area (Å²) < 4.78 is 1.16. The Kier molecular flexibility index (Phi) is 4.15. The van der Waals surface area contributed by atoms with Gasteiger partial charge in [0.15, 0.2) is 0 Å². The molecule has 0 atom stereocenters. The van der Waals surface area contributed by atoms with Crippen molar-refractivity contribution >= 4 is 5.91 Å². The molecule has 106 valence electrons. The second-order valence-corrected chi connectivity index (χ2v) is 5.35. The third kappa shape index (κ3) is 2.68. The summed E-state index contributed by atoms with van der Waals surface area (Å²) in [6, 6.07) is 0. The normalized spacial score (nSPS) is 11.5. The van der Waals surface area contributed by atoms with Gasteiger partial charge in [-0.2, -0.15) is 5.10 Å². The van der Waals surface area contributed by atoms with E-state index in [9.17, 15) is 14.7 Å². The van der Waals surface area contributed by atoms with Crippen molar-refractivity contribution in [2.45, 2.75) is 33.2 Å². The molecule has 1 N–H and O–H groups in total. The number of aryl methyl sites for hydroxylation is 2. The van der Waals surface area contributed by atoms with Gasteiger partial charge in [0.2, 0.25) is 0 Å². The SMILES string of the molecule is Cc1nn(C)c(=O)c(C(=O)N(C)C(C)(C)CO)c1C. The Labute approximate surface area is 112 Å². The lowest BCUT2D eigenvalue weighted by atomic mass is 10.0. The molecule has 0 radical (unpaired) electrons. The second-order valence-electron chi connectivity index (χ2n) is 5.35. The number of hydrogen-bond donors (Lipinski definition) is 1. The fourth-order valence-electron chi connectivity index (χ4n) is 1.65. The van der Waals surface area contributed by atoms with Crippen LogP contribution in [0.4, 0.5) is 0 Å². The molecular formula is C13H21N3O3. The number of amides is 1. The van der Waals surface area contributed by atoms with E-state index in [1.807, 2.05) is 0 Å². The highest BCUT2D eigenvalue weighted by atomic mass is 16.3. The first kappa shape index (κ1) is 15.4. The maximum Gasteiger partial charge on any atom is 0.279 e. The van der Waals surface area contributed by atoms with E-state index in [-0.39, 0.29) is 12.2 Å². The number of aromatic nitrogens is 2. The van der Waals surface area contributed by atoms with Crippen molar-refractivity contribution in [3.05, 3.63) is 27.2 Å². The molecule has 6 heteroatoms. The molecule has 0 aliphatic rings. The van der Waals surface area contributed by atoms with E-state index in [0.29, 0.717) is 11.3 Å². The quantitative estimate of drug-likeness (QED) is 0.851. The molecule has 0 aromatic carbocycles. The summed E-state index contributed by atoms with van der Waals surface area (Å²) in [6.07, 6.45) is 0. The molecule has 0 aliphatic carbocycles. The van der Waals surface area contributed by atoms with Crippen LogP contribution in [0.15, 0.2) is 4.79 Å². The summed E-state index contributed by atoms with van der Waals surface area (Å²) in [4.78, 5) is 25.9. The maximum atomic E-state index is 12.5. The molecule has 6 nitrogen and oxygen atoms in total. The van der Waals surface area contributed by atoms with Crippen molar-refractivity contribution in [3.8, 4) is 0 Å². The molecule has 1 aromatic rings. The summed E-state index contributed by atoms with van der Waals surface area (Å²) >= 11 is 0. The first-order valence-corrected chi connectivity index (χ1v) is 6.07. The van der Waals surface area contributed by atoms with Gasteiger partial charge in [-0.3, -0.25) is 9.59 Å². The van der Waals surface area contributed by atoms with Gasteiger partial charge in [0.1, 0.15) is 5.56 Å². The van der Waals surface area contributed by atoms with Crippen molar-refractivity contribution in [1.29, 1.82) is 0 Å². The molecule has 0 unspecified atom stereocenters. The number of likely N-dealkylation sites (N-methyl/N-ethyl adjacent to an activating group) is 1. The molecule has 0 bridgehead atoms. The smallest absolute Gasteiger partial charge is 0.279 e. The molecule has 0 saturated heterocycles. The Balaban J connectivity index is 3.40. The number of carbonyl (C=O) groups excluding carboxylic acids is 1. The Morgan fingerprint density at radius 1 is 1.42 bits per heavy atom. The lowest BCUT2D eigenvalue weighted by molar-refractivity contribution is 0.0469. The summed E-state index contributed by atoms with van der Waals surface area (Å²) in [5.41, 5.74) is 0.174. The summed E-state index contributed by atoms with van der Waals surface area (Å²) in [5, 5.41) is 13.4. The molecule has 1 rings (SSSR count). The Hall–Kier alpha value is -1.69. The van der Waals surface area contributed by atoms with Gasteiger partial charge in [0.05, 0.1) is 17.8 Å². The maximum absolute atomic E-state index is 12.5. The number of rotatable bonds is 3. The monoisotopic (exact) mass is 267 g/mol. The summed E-state index contributed by atoms with van der Waals surface area (Å²) in [5.74, 6) is -0.400. The van der Waals surface area contributed by atoms with Crippen LogP contribution in [0.5, 0.6) is 0 Å². The molecule has 0 saturated carbocycles. The van der Waals surface area contributed by atoms with E-state index in [1.54, 1.807) is 34.7 Å². The van der Waals surface area contributed by atoms with Crippen LogP contribution in [-0.2, 0) is 7.05 Å². The predicted molar refractivity (Wildman–Crippen MR) is 72.2 cm³/mol. The van der Waals surface area contributed by atoms with Gasteiger partial charge in [-0.15, -0.1) is 0 Å². The fraction of sp³-hybridized carbons (Fsp3) is 0.615. The molecule has 0 aliphatic heterocycles. The topological polar surface area (TPSA) is 75.4 Å². The van der Waals surface area contributed by atoms with Crippen molar-refractivity contribution in [2.75, 3.05) is 13.7 Å². The third-order valence-electron chi connectivity index (χ3n) is 3.54. The van der Waals surface area contributed by atoms with E-state index >= 15 is 0 Å². The van der Waals surface area contributed by atoms with Gasteiger partial charge >= 0.3 is 0 Å². The highest BCUT2D eigenvalue weighted by Gasteiger charge is 2.30. The molecule has 1 aromatic heterocycles. The number of aliphatic hydroxyl groups excluding tert-OH is 1. The van der Waals surface area contributed by atoms with Gasteiger partial charge in [-0.1, -0.05) is 0 Å². The zero-order valence-electron chi connectivity index (χ0n) is 12.3. The van der Waals surface area contributed by atoms with Gasteiger partial charge in [-0.25, -0.2) is 4.68 Å². The van der Waals surface area contributed by atoms with E-state index in [1.165, 1.54) is 11.9 Å². The Bertz CT molecular complexity index is 561. The zero-order chi connectivity index (χ0) is 15.0. The summed E-state index contributed by atoms with van der Waals surface area (Å²) in [7, 11) is 3.09. The number of hydrogen-bond acceptors (Lipinski definition) is 4. The minimum Gasteiger partial charge on any atom is -0.394 e. The largest absolute Gasteiger partial charge is 0.394 e. The Morgan fingerprint density at radius 2 is 1.95 bits per heavy atom. The van der Waals surface area contributed by atoms with E-state index in [2.05, 4.69) is 5.10 Å². The van der Waals surface area contributed by atoms with Crippen LogP contribution >= 0.6 is 0 Å². The molecule has 0 fully saturated rings. The van der Waals surface area contributed by atoms with Crippen LogP contribution in [0.2, 0.25) is 0 Å². The molecule has 1 amide bonds. The van der Waals surface area contributed by atoms with Gasteiger partial charge in [-0.05, 0) is 33.3 Å². The molecule has 1 heterocycles. The first-order valence-electron chi connectivity index (χ1n) is 6.07. The van der Waals surface area contributed by atoms with E-state index < -0.39 is 17.0 Å². The van der Waals surface area contributed by atoms with Crippen LogP contribution in [0.3, 0.4) is 0 Å². The molecule has 0 spiro atoms. The number of aliphatic hydroxyl groups is 1. The lowest BCUT2D eigenvalue weighted by Crippen LogP contribution is -2.49. The van der Waals surface area contributed by atoms with Crippen molar-refractivity contribution in [3.63, 3.8) is 0 Å². The lowest BCUT2D eigenvalue weighted by Gasteiger charge is -2.34. The van der Waals surface area contributed by atoms with E-state index in [0.717, 1.165) is 4.68 Å². The van der Waals surface area contributed by atoms with Crippen LogP contribution in [0.1, 0.15) is 35.5 Å². The van der Waals surface area contributed by atoms with Gasteiger partial charge in [0.25, 0.3) is 11.5 Å². The van der Waals surface area contributed by atoms with Gasteiger partial charge < -0.3 is 10.0 Å². The fourth-order valence-corrected chi connectivity index (χ4v) is 1.65. The standard InChI is InChI=1S/C13H21N3O3/c1-8-9(2)14-16(6)12(19)10(8)11(18)15(5)13(3,4)7-17/h17H,7H2,1-6H3. The predicted octanol–water partition coefficient (Wildman–Crippen LogP) is 0.240. The molecular weight excluding hydrogens is 246 g/mol. The van der Waals surface area contributed by atoms with E-state index in [4.69, 9.17) is 0 Å². The number of nitrogens with zero attached hydrogens (tertiary/aromatic N) is 3. The van der Waals surface area contributed by atoms with Crippen LogP contribution in [0, 0.1) is 13.8 Å². The average Bonchev–Trinajstić information content (AvgIpc) is 2.35. The minimum absolute atomic E-state index is 0.110. The van der Waals surface area contributed by atoms with Crippen LogP contribution in [-0.4, -0.2) is 44.9 Å². The second kappa shape index (κ2) is 5.13. The highest BCUT2D eigenvalue weighted by Crippen LogP contribution is 2.16. The van der Waals surface area contributed by atoms with Crippen LogP contribution < -0.4 is 5.56 Å².